The van der Waals surface area contributed by atoms with E-state index in [1.165, 1.54) is 6.08 Å². The maximum absolute atomic E-state index is 13.2. The van der Waals surface area contributed by atoms with E-state index in [2.05, 4.69) is 11.6 Å². The lowest BCUT2D eigenvalue weighted by Crippen LogP contribution is -2.39. The maximum atomic E-state index is 13.2. The number of aromatic nitrogens is 2. The fourth-order valence-corrected chi connectivity index (χ4v) is 4.45. The second kappa shape index (κ2) is 7.50. The standard InChI is InChI=1S/C24H22N4O3/c1-2-11-28-23(30)17-10-9-15(13-18(17)24(28)31)22(29)27-12-5-6-16(14-27)21-25-19-7-3-4-8-20(19)26-21/h2-4,7-10,13,16H,1,5-6,11-12,14H2,(H,25,26). The summed E-state index contributed by atoms with van der Waals surface area (Å²) in [6.45, 7) is 4.96. The largest absolute Gasteiger partial charge is 0.342 e. The van der Waals surface area contributed by atoms with Crippen LogP contribution >= 0.6 is 0 Å². The molecule has 3 heterocycles. The quantitative estimate of drug-likeness (QED) is 0.524. The van der Waals surface area contributed by atoms with Crippen LogP contribution in [0.5, 0.6) is 0 Å². The van der Waals surface area contributed by atoms with Crippen molar-refractivity contribution in [3.8, 4) is 0 Å². The minimum atomic E-state index is -0.381. The molecule has 2 aliphatic heterocycles. The zero-order valence-electron chi connectivity index (χ0n) is 17.0. The van der Waals surface area contributed by atoms with Gasteiger partial charge in [0, 0.05) is 31.1 Å². The van der Waals surface area contributed by atoms with Gasteiger partial charge in [-0.2, -0.15) is 0 Å². The smallest absolute Gasteiger partial charge is 0.261 e. The van der Waals surface area contributed by atoms with Gasteiger partial charge in [-0.05, 0) is 43.2 Å². The Morgan fingerprint density at radius 2 is 1.97 bits per heavy atom. The topological polar surface area (TPSA) is 86.4 Å². The summed E-state index contributed by atoms with van der Waals surface area (Å²) in [5.41, 5.74) is 2.95. The summed E-state index contributed by atoms with van der Waals surface area (Å²) in [6, 6.07) is 12.7. The molecule has 0 aliphatic carbocycles. The maximum Gasteiger partial charge on any atom is 0.261 e. The van der Waals surface area contributed by atoms with Crippen molar-refractivity contribution < 1.29 is 14.4 Å². The highest BCUT2D eigenvalue weighted by Gasteiger charge is 2.36. The number of nitrogens with zero attached hydrogens (tertiary/aromatic N) is 3. The van der Waals surface area contributed by atoms with Crippen LogP contribution in [0, 0.1) is 0 Å². The molecule has 2 aliphatic rings. The number of hydrogen-bond acceptors (Lipinski definition) is 4. The van der Waals surface area contributed by atoms with Crippen molar-refractivity contribution in [3.63, 3.8) is 0 Å². The third-order valence-corrected chi connectivity index (χ3v) is 6.03. The van der Waals surface area contributed by atoms with Crippen LogP contribution in [0.25, 0.3) is 11.0 Å². The molecular weight excluding hydrogens is 392 g/mol. The van der Waals surface area contributed by atoms with Gasteiger partial charge in [0.25, 0.3) is 17.7 Å². The molecule has 1 aromatic heterocycles. The van der Waals surface area contributed by atoms with E-state index >= 15 is 0 Å². The first-order valence-electron chi connectivity index (χ1n) is 10.4. The van der Waals surface area contributed by atoms with Gasteiger partial charge in [-0.3, -0.25) is 19.3 Å². The first-order valence-corrected chi connectivity index (χ1v) is 10.4. The third-order valence-electron chi connectivity index (χ3n) is 6.03. The summed E-state index contributed by atoms with van der Waals surface area (Å²) in [5.74, 6) is 0.167. The summed E-state index contributed by atoms with van der Waals surface area (Å²) in [6.07, 6.45) is 3.35. The van der Waals surface area contributed by atoms with Crippen molar-refractivity contribution >= 4 is 28.8 Å². The highest BCUT2D eigenvalue weighted by Crippen LogP contribution is 2.29. The minimum absolute atomic E-state index is 0.130. The Bertz CT molecular complexity index is 1200. The molecule has 7 heteroatoms. The molecule has 3 aromatic rings. The molecule has 31 heavy (non-hydrogen) atoms. The van der Waals surface area contributed by atoms with Crippen molar-refractivity contribution in [1.29, 1.82) is 0 Å². The molecule has 1 atom stereocenters. The molecule has 7 nitrogen and oxygen atoms in total. The number of amides is 3. The molecule has 0 saturated carbocycles. The predicted molar refractivity (Wildman–Crippen MR) is 116 cm³/mol. The number of imide groups is 1. The Labute approximate surface area is 179 Å². The Kier molecular flexibility index (Phi) is 4.66. The number of aromatic amines is 1. The lowest BCUT2D eigenvalue weighted by Gasteiger charge is -2.32. The molecule has 1 unspecified atom stereocenters. The summed E-state index contributed by atoms with van der Waals surface area (Å²) in [4.78, 5) is 49.2. The minimum Gasteiger partial charge on any atom is -0.342 e. The SMILES string of the molecule is C=CCN1C(=O)c2ccc(C(=O)N3CCCC(c4nc5ccccc5[nH]4)C3)cc2C1=O. The fourth-order valence-electron chi connectivity index (χ4n) is 4.45. The Morgan fingerprint density at radius 3 is 2.77 bits per heavy atom. The lowest BCUT2D eigenvalue weighted by atomic mass is 9.96. The van der Waals surface area contributed by atoms with Crippen LogP contribution in [0.15, 0.2) is 55.1 Å². The molecule has 156 valence electrons. The molecule has 0 bridgehead atoms. The van der Waals surface area contributed by atoms with E-state index in [9.17, 15) is 14.4 Å². The van der Waals surface area contributed by atoms with Crippen molar-refractivity contribution in [2.75, 3.05) is 19.6 Å². The van der Waals surface area contributed by atoms with Crippen LogP contribution in [0.4, 0.5) is 0 Å². The van der Waals surface area contributed by atoms with Crippen LogP contribution < -0.4 is 0 Å². The molecule has 5 rings (SSSR count). The number of H-pyrrole nitrogens is 1. The van der Waals surface area contributed by atoms with Crippen molar-refractivity contribution in [3.05, 3.63) is 77.6 Å². The van der Waals surface area contributed by atoms with Crippen molar-refractivity contribution in [1.82, 2.24) is 19.8 Å². The number of rotatable bonds is 4. The summed E-state index contributed by atoms with van der Waals surface area (Å²) in [7, 11) is 0. The normalized spacial score (nSPS) is 18.5. The molecule has 0 spiro atoms. The van der Waals surface area contributed by atoms with E-state index in [1.807, 2.05) is 29.2 Å². The number of carbonyl (C=O) groups excluding carboxylic acids is 3. The van der Waals surface area contributed by atoms with Gasteiger partial charge in [0.15, 0.2) is 0 Å². The van der Waals surface area contributed by atoms with Crippen LogP contribution in [0.2, 0.25) is 0 Å². The second-order valence-electron chi connectivity index (χ2n) is 8.00. The van der Waals surface area contributed by atoms with Gasteiger partial charge < -0.3 is 9.88 Å². The number of fused-ring (bicyclic) bond motifs is 2. The molecule has 0 radical (unpaired) electrons. The molecule has 1 N–H and O–H groups in total. The Hall–Kier alpha value is -3.74. The molecule has 3 amide bonds. The average molecular weight is 414 g/mol. The first kappa shape index (κ1) is 19.2. The van der Waals surface area contributed by atoms with E-state index in [0.29, 0.717) is 24.2 Å². The third kappa shape index (κ3) is 3.22. The number of hydrogen-bond donors (Lipinski definition) is 1. The van der Waals surface area contributed by atoms with Gasteiger partial charge in [-0.25, -0.2) is 4.98 Å². The second-order valence-corrected chi connectivity index (χ2v) is 8.00. The summed E-state index contributed by atoms with van der Waals surface area (Å²) in [5, 5.41) is 0. The zero-order valence-corrected chi connectivity index (χ0v) is 17.0. The lowest BCUT2D eigenvalue weighted by molar-refractivity contribution is 0.0670. The number of para-hydroxylation sites is 2. The fraction of sp³-hybridized carbons (Fsp3) is 0.250. The van der Waals surface area contributed by atoms with Crippen LogP contribution in [-0.2, 0) is 0 Å². The number of imidazole rings is 1. The van der Waals surface area contributed by atoms with E-state index in [1.54, 1.807) is 18.2 Å². The van der Waals surface area contributed by atoms with E-state index in [4.69, 9.17) is 4.98 Å². The van der Waals surface area contributed by atoms with Gasteiger partial charge in [0.05, 0.1) is 22.2 Å². The molecule has 2 aromatic carbocycles. The Balaban J connectivity index is 1.37. The van der Waals surface area contributed by atoms with Gasteiger partial charge in [-0.15, -0.1) is 6.58 Å². The average Bonchev–Trinajstić information content (AvgIpc) is 3.34. The highest BCUT2D eigenvalue weighted by atomic mass is 16.2. The monoisotopic (exact) mass is 414 g/mol. The van der Waals surface area contributed by atoms with Crippen LogP contribution in [0.3, 0.4) is 0 Å². The van der Waals surface area contributed by atoms with Gasteiger partial charge in [0.2, 0.25) is 0 Å². The summed E-state index contributed by atoms with van der Waals surface area (Å²) < 4.78 is 0. The number of likely N-dealkylation sites (tertiary alicyclic amines) is 1. The first-order chi connectivity index (χ1) is 15.1. The molecule has 1 fully saturated rings. The number of nitrogens with one attached hydrogen (secondary N) is 1. The van der Waals surface area contributed by atoms with Gasteiger partial charge >= 0.3 is 0 Å². The van der Waals surface area contributed by atoms with Crippen LogP contribution in [0.1, 0.15) is 55.7 Å². The number of carbonyl (C=O) groups is 3. The van der Waals surface area contributed by atoms with Crippen LogP contribution in [-0.4, -0.2) is 57.1 Å². The zero-order chi connectivity index (χ0) is 21.5. The summed E-state index contributed by atoms with van der Waals surface area (Å²) >= 11 is 0. The van der Waals surface area contributed by atoms with E-state index in [-0.39, 0.29) is 35.7 Å². The van der Waals surface area contributed by atoms with Gasteiger partial charge in [0.1, 0.15) is 5.82 Å². The van der Waals surface area contributed by atoms with Crippen molar-refractivity contribution in [2.24, 2.45) is 0 Å². The molecule has 1 saturated heterocycles. The predicted octanol–water partition coefficient (Wildman–Crippen LogP) is 3.36. The molecular formula is C24H22N4O3. The van der Waals surface area contributed by atoms with Gasteiger partial charge in [-0.1, -0.05) is 18.2 Å². The Morgan fingerprint density at radius 1 is 1.16 bits per heavy atom. The number of piperidine rings is 1. The highest BCUT2D eigenvalue weighted by molar-refractivity contribution is 6.22. The van der Waals surface area contributed by atoms with E-state index < -0.39 is 0 Å². The number of benzene rings is 2. The van der Waals surface area contributed by atoms with Crippen molar-refractivity contribution in [2.45, 2.75) is 18.8 Å². The van der Waals surface area contributed by atoms with E-state index in [0.717, 1.165) is 34.6 Å².